The third-order valence-electron chi connectivity index (χ3n) is 3.68. The van der Waals surface area contributed by atoms with Crippen molar-refractivity contribution >= 4 is 28.8 Å². The highest BCUT2D eigenvalue weighted by Crippen LogP contribution is 2.31. The molecule has 0 amide bonds. The molecular weight excluding hydrogens is 310 g/mol. The van der Waals surface area contributed by atoms with Gasteiger partial charge in [-0.05, 0) is 42.9 Å². The Balaban J connectivity index is 2.35. The molecule has 0 aliphatic rings. The summed E-state index contributed by atoms with van der Waals surface area (Å²) < 4.78 is 0. The van der Waals surface area contributed by atoms with Crippen molar-refractivity contribution in [3.63, 3.8) is 0 Å². The van der Waals surface area contributed by atoms with Crippen LogP contribution in [0.4, 0.5) is 0 Å². The summed E-state index contributed by atoms with van der Waals surface area (Å²) >= 11 is 1.39. The van der Waals surface area contributed by atoms with Crippen LogP contribution in [0.1, 0.15) is 21.6 Å². The maximum Gasteiger partial charge on any atom is 0.355 e. The highest BCUT2D eigenvalue weighted by molar-refractivity contribution is 7.98. The largest absolute Gasteiger partial charge is 0.476 e. The molecule has 0 aliphatic carbocycles. The lowest BCUT2D eigenvalue weighted by Gasteiger charge is -2.13. The van der Waals surface area contributed by atoms with Crippen LogP contribution in [-0.2, 0) is 0 Å². The molecule has 23 heavy (non-hydrogen) atoms. The number of aromatic carboxylic acids is 1. The maximum absolute atomic E-state index is 11.7. The molecular formula is C17H15N3O2S. The molecule has 0 saturated heterocycles. The first-order chi connectivity index (χ1) is 11.0. The van der Waals surface area contributed by atoms with Crippen molar-refractivity contribution in [2.24, 2.45) is 0 Å². The van der Waals surface area contributed by atoms with Crippen molar-refractivity contribution < 1.29 is 9.90 Å². The third-order valence-corrected chi connectivity index (χ3v) is 4.24. The first-order valence-corrected chi connectivity index (χ1v) is 8.25. The summed E-state index contributed by atoms with van der Waals surface area (Å²) in [5, 5.41) is 10.9. The van der Waals surface area contributed by atoms with E-state index in [4.69, 9.17) is 0 Å². The minimum Gasteiger partial charge on any atom is -0.476 e. The van der Waals surface area contributed by atoms with Gasteiger partial charge in [0.2, 0.25) is 0 Å². The fourth-order valence-electron chi connectivity index (χ4n) is 2.64. The van der Waals surface area contributed by atoms with Gasteiger partial charge in [0.1, 0.15) is 0 Å². The van der Waals surface area contributed by atoms with E-state index >= 15 is 0 Å². The van der Waals surface area contributed by atoms with E-state index in [1.54, 1.807) is 6.20 Å². The third kappa shape index (κ3) is 2.77. The minimum absolute atomic E-state index is 0.0145. The standard InChI is InChI=1S/C17H15N3O2S/c1-9-5-4-6-10(2)13(9)12-7-11-8-18-17(23-3)20-15(11)19-14(12)16(21)22/h4-8H,1-3H3,(H,21,22). The Morgan fingerprint density at radius 2 is 1.87 bits per heavy atom. The summed E-state index contributed by atoms with van der Waals surface area (Å²) in [6.45, 7) is 3.93. The van der Waals surface area contributed by atoms with Gasteiger partial charge in [0.05, 0.1) is 0 Å². The summed E-state index contributed by atoms with van der Waals surface area (Å²) in [6, 6.07) is 7.69. The fourth-order valence-corrected chi connectivity index (χ4v) is 2.97. The van der Waals surface area contributed by atoms with Gasteiger partial charge in [-0.2, -0.15) is 0 Å². The van der Waals surface area contributed by atoms with Gasteiger partial charge in [0, 0.05) is 17.1 Å². The van der Waals surface area contributed by atoms with Crippen LogP contribution in [0, 0.1) is 13.8 Å². The average Bonchev–Trinajstić information content (AvgIpc) is 2.53. The van der Waals surface area contributed by atoms with Crippen molar-refractivity contribution in [1.29, 1.82) is 0 Å². The number of carbonyl (C=O) groups is 1. The highest BCUT2D eigenvalue weighted by Gasteiger charge is 2.19. The molecule has 0 bridgehead atoms. The van der Waals surface area contributed by atoms with E-state index in [0.717, 1.165) is 22.1 Å². The predicted octanol–water partition coefficient (Wildman–Crippen LogP) is 3.73. The van der Waals surface area contributed by atoms with Crippen molar-refractivity contribution in [2.75, 3.05) is 6.26 Å². The molecule has 6 heteroatoms. The van der Waals surface area contributed by atoms with Gasteiger partial charge >= 0.3 is 5.97 Å². The number of aryl methyl sites for hydroxylation is 2. The number of aromatic nitrogens is 3. The van der Waals surface area contributed by atoms with Crippen molar-refractivity contribution in [2.45, 2.75) is 19.0 Å². The number of rotatable bonds is 3. The molecule has 5 nitrogen and oxygen atoms in total. The van der Waals surface area contributed by atoms with Gasteiger partial charge in [-0.25, -0.2) is 19.7 Å². The zero-order chi connectivity index (χ0) is 16.6. The second kappa shape index (κ2) is 5.96. The van der Waals surface area contributed by atoms with E-state index in [1.165, 1.54) is 11.8 Å². The van der Waals surface area contributed by atoms with Crippen LogP contribution in [0.15, 0.2) is 35.6 Å². The van der Waals surface area contributed by atoms with Crippen molar-refractivity contribution in [1.82, 2.24) is 15.0 Å². The number of benzene rings is 1. The molecule has 3 rings (SSSR count). The second-order valence-electron chi connectivity index (χ2n) is 5.23. The van der Waals surface area contributed by atoms with E-state index in [2.05, 4.69) is 15.0 Å². The van der Waals surface area contributed by atoms with E-state index in [0.29, 0.717) is 16.4 Å². The number of carboxylic acid groups (broad SMARTS) is 1. The molecule has 0 saturated carbocycles. The van der Waals surface area contributed by atoms with Gasteiger partial charge in [0.15, 0.2) is 16.5 Å². The summed E-state index contributed by atoms with van der Waals surface area (Å²) in [4.78, 5) is 24.5. The Morgan fingerprint density at radius 3 is 2.48 bits per heavy atom. The number of nitrogens with zero attached hydrogens (tertiary/aromatic N) is 3. The normalized spacial score (nSPS) is 10.9. The molecule has 1 N–H and O–H groups in total. The summed E-state index contributed by atoms with van der Waals surface area (Å²) in [7, 11) is 0. The number of thioether (sulfide) groups is 1. The molecule has 2 heterocycles. The SMILES string of the molecule is CSc1ncc2cc(-c3c(C)cccc3C)c(C(=O)O)nc2n1. The maximum atomic E-state index is 11.7. The molecule has 0 radical (unpaired) electrons. The number of carboxylic acids is 1. The van der Waals surface area contributed by atoms with Crippen molar-refractivity contribution in [3.8, 4) is 11.1 Å². The van der Waals surface area contributed by atoms with Crippen LogP contribution in [0.5, 0.6) is 0 Å². The summed E-state index contributed by atoms with van der Waals surface area (Å²) in [6.07, 6.45) is 3.55. The zero-order valence-corrected chi connectivity index (χ0v) is 13.8. The number of hydrogen-bond donors (Lipinski definition) is 1. The summed E-state index contributed by atoms with van der Waals surface area (Å²) in [5.41, 5.74) is 3.93. The topological polar surface area (TPSA) is 76.0 Å². The monoisotopic (exact) mass is 325 g/mol. The van der Waals surface area contributed by atoms with E-state index in [-0.39, 0.29) is 5.69 Å². The fraction of sp³-hybridized carbons (Fsp3) is 0.176. The average molecular weight is 325 g/mol. The van der Waals surface area contributed by atoms with Gasteiger partial charge in [-0.3, -0.25) is 0 Å². The Kier molecular flexibility index (Phi) is 4.00. The lowest BCUT2D eigenvalue weighted by atomic mass is 9.94. The van der Waals surface area contributed by atoms with Gasteiger partial charge in [0.25, 0.3) is 0 Å². The minimum atomic E-state index is -1.06. The molecule has 0 unspecified atom stereocenters. The van der Waals surface area contributed by atoms with Crippen LogP contribution >= 0.6 is 11.8 Å². The van der Waals surface area contributed by atoms with Crippen molar-refractivity contribution in [3.05, 3.63) is 47.3 Å². The van der Waals surface area contributed by atoms with Gasteiger partial charge in [-0.15, -0.1) is 0 Å². The quantitative estimate of drug-likeness (QED) is 0.584. The van der Waals surface area contributed by atoms with E-state index < -0.39 is 5.97 Å². The first kappa shape index (κ1) is 15.4. The Morgan fingerprint density at radius 1 is 1.17 bits per heavy atom. The van der Waals surface area contributed by atoms with Crippen LogP contribution in [0.2, 0.25) is 0 Å². The van der Waals surface area contributed by atoms with Crippen LogP contribution in [-0.4, -0.2) is 32.3 Å². The molecule has 1 aromatic carbocycles. The number of fused-ring (bicyclic) bond motifs is 1. The van der Waals surface area contributed by atoms with E-state index in [9.17, 15) is 9.90 Å². The molecule has 0 fully saturated rings. The Bertz CT molecular complexity index is 905. The Labute approximate surface area is 137 Å². The first-order valence-electron chi connectivity index (χ1n) is 7.03. The van der Waals surface area contributed by atoms with Gasteiger partial charge < -0.3 is 5.11 Å². The lowest BCUT2D eigenvalue weighted by Crippen LogP contribution is -2.06. The Hall–Kier alpha value is -2.47. The van der Waals surface area contributed by atoms with Gasteiger partial charge in [-0.1, -0.05) is 30.0 Å². The predicted molar refractivity (Wildman–Crippen MR) is 91.0 cm³/mol. The highest BCUT2D eigenvalue weighted by atomic mass is 32.2. The second-order valence-corrected chi connectivity index (χ2v) is 6.00. The summed E-state index contributed by atoms with van der Waals surface area (Å²) in [5.74, 6) is -1.06. The molecule has 0 atom stereocenters. The van der Waals surface area contributed by atoms with E-state index in [1.807, 2.05) is 44.4 Å². The molecule has 3 aromatic rings. The lowest BCUT2D eigenvalue weighted by molar-refractivity contribution is 0.0692. The van der Waals surface area contributed by atoms with Crippen LogP contribution < -0.4 is 0 Å². The molecule has 2 aromatic heterocycles. The smallest absolute Gasteiger partial charge is 0.355 e. The van der Waals surface area contributed by atoms with Crippen LogP contribution in [0.3, 0.4) is 0 Å². The molecule has 0 aliphatic heterocycles. The molecule has 0 spiro atoms. The van der Waals surface area contributed by atoms with Crippen LogP contribution in [0.25, 0.3) is 22.2 Å². The molecule has 116 valence electrons. The number of hydrogen-bond acceptors (Lipinski definition) is 5. The zero-order valence-electron chi connectivity index (χ0n) is 13.0. The number of pyridine rings is 1.